The van der Waals surface area contributed by atoms with E-state index >= 15 is 0 Å². The third kappa shape index (κ3) is 7.39. The van der Waals surface area contributed by atoms with E-state index in [1.54, 1.807) is 18.2 Å². The summed E-state index contributed by atoms with van der Waals surface area (Å²) in [5, 5.41) is 0. The van der Waals surface area contributed by atoms with E-state index in [-0.39, 0.29) is 0 Å². The minimum atomic E-state index is -0.401. The van der Waals surface area contributed by atoms with Crippen molar-refractivity contribution in [2.45, 2.75) is 20.7 Å². The van der Waals surface area contributed by atoms with Gasteiger partial charge in [-0.1, -0.05) is 37.5 Å². The molecule has 0 aliphatic rings. The molecule has 0 fully saturated rings. The molecule has 0 aromatic carbocycles. The van der Waals surface area contributed by atoms with Crippen LogP contribution in [-0.4, -0.2) is 7.12 Å². The van der Waals surface area contributed by atoms with Crippen molar-refractivity contribution >= 4 is 7.12 Å². The van der Waals surface area contributed by atoms with Gasteiger partial charge in [-0.2, -0.15) is 0 Å². The van der Waals surface area contributed by atoms with Crippen LogP contribution >= 0.6 is 0 Å². The predicted octanol–water partition coefficient (Wildman–Crippen LogP) is 4.43. The molecule has 0 rings (SSSR count). The Bertz CT molecular complexity index is 376. The molecule has 0 aliphatic carbocycles. The predicted molar refractivity (Wildman–Crippen MR) is 80.0 cm³/mol. The zero-order valence-electron chi connectivity index (χ0n) is 11.4. The van der Waals surface area contributed by atoms with Crippen LogP contribution in [0.2, 0.25) is 6.82 Å². The van der Waals surface area contributed by atoms with E-state index < -0.39 is 7.12 Å². The summed E-state index contributed by atoms with van der Waals surface area (Å²) in [6, 6.07) is 0. The Morgan fingerprint density at radius 2 is 1.67 bits per heavy atom. The van der Waals surface area contributed by atoms with Gasteiger partial charge in [0.05, 0.1) is 0 Å². The fraction of sp³-hybridized carbons (Fsp3) is 0.200. The standard InChI is InChI=1S/C15H21BO2/c1-6-10-13-14(9-4)17-16(5)18-15(11-7-2)12-8-3/h6-13H,2,4H2,1,3,5H3/b10-6-,12-8-,14-13+,15-11+. The van der Waals surface area contributed by atoms with Crippen LogP contribution in [0.3, 0.4) is 0 Å². The lowest BCUT2D eigenvalue weighted by molar-refractivity contribution is 0.316. The average molecular weight is 244 g/mol. The number of hydrogen-bond acceptors (Lipinski definition) is 2. The van der Waals surface area contributed by atoms with E-state index in [0.29, 0.717) is 11.5 Å². The van der Waals surface area contributed by atoms with Gasteiger partial charge >= 0.3 is 7.12 Å². The van der Waals surface area contributed by atoms with E-state index in [1.165, 1.54) is 0 Å². The number of allylic oxidation sites excluding steroid dienone is 8. The van der Waals surface area contributed by atoms with Gasteiger partial charge < -0.3 is 9.31 Å². The third-order valence-electron chi connectivity index (χ3n) is 1.87. The molecule has 0 spiro atoms. The van der Waals surface area contributed by atoms with E-state index in [4.69, 9.17) is 9.31 Å². The maximum atomic E-state index is 5.61. The highest BCUT2D eigenvalue weighted by atomic mass is 16.6. The topological polar surface area (TPSA) is 18.5 Å². The first-order valence-electron chi connectivity index (χ1n) is 5.92. The highest BCUT2D eigenvalue weighted by molar-refractivity contribution is 6.43. The highest BCUT2D eigenvalue weighted by Gasteiger charge is 2.15. The molecule has 3 heteroatoms. The van der Waals surface area contributed by atoms with Crippen LogP contribution in [0.5, 0.6) is 0 Å². The minimum Gasteiger partial charge on any atom is -0.526 e. The fourth-order valence-electron chi connectivity index (χ4n) is 1.17. The number of rotatable bonds is 8. The lowest BCUT2D eigenvalue weighted by Gasteiger charge is -2.14. The first-order valence-corrected chi connectivity index (χ1v) is 5.92. The molecule has 0 amide bonds. The summed E-state index contributed by atoms with van der Waals surface area (Å²) >= 11 is 0. The zero-order valence-corrected chi connectivity index (χ0v) is 11.4. The van der Waals surface area contributed by atoms with Crippen molar-refractivity contribution in [2.75, 3.05) is 0 Å². The van der Waals surface area contributed by atoms with Crippen LogP contribution in [0, 0.1) is 0 Å². The van der Waals surface area contributed by atoms with Gasteiger partial charge in [-0.25, -0.2) is 0 Å². The van der Waals surface area contributed by atoms with E-state index in [9.17, 15) is 0 Å². The first kappa shape index (κ1) is 16.1. The first-order chi connectivity index (χ1) is 8.67. The second kappa shape index (κ2) is 10.3. The third-order valence-corrected chi connectivity index (χ3v) is 1.87. The quantitative estimate of drug-likeness (QED) is 0.357. The lowest BCUT2D eigenvalue weighted by atomic mass is 9.94. The normalized spacial score (nSPS) is 12.8. The Morgan fingerprint density at radius 1 is 1.00 bits per heavy atom. The second-order valence-electron chi connectivity index (χ2n) is 3.41. The molecule has 0 bridgehead atoms. The van der Waals surface area contributed by atoms with Crippen LogP contribution in [0.1, 0.15) is 13.8 Å². The molecule has 96 valence electrons. The molecule has 0 aromatic heterocycles. The Balaban J connectivity index is 4.56. The molecular formula is C15H21BO2. The highest BCUT2D eigenvalue weighted by Crippen LogP contribution is 2.08. The molecule has 0 aliphatic heterocycles. The van der Waals surface area contributed by atoms with Crippen molar-refractivity contribution in [3.8, 4) is 0 Å². The van der Waals surface area contributed by atoms with Crippen molar-refractivity contribution in [3.05, 3.63) is 73.3 Å². The van der Waals surface area contributed by atoms with Gasteiger partial charge in [0.2, 0.25) is 0 Å². The average Bonchev–Trinajstić information content (AvgIpc) is 2.35. The maximum absolute atomic E-state index is 5.61. The summed E-state index contributed by atoms with van der Waals surface area (Å²) in [5.74, 6) is 1.37. The fourth-order valence-corrected chi connectivity index (χ4v) is 1.17. The van der Waals surface area contributed by atoms with E-state index in [2.05, 4.69) is 13.2 Å². The molecule has 2 nitrogen and oxygen atoms in total. The van der Waals surface area contributed by atoms with Gasteiger partial charge in [0.1, 0.15) is 11.5 Å². The van der Waals surface area contributed by atoms with Crippen LogP contribution in [0.15, 0.2) is 73.3 Å². The molecular weight excluding hydrogens is 223 g/mol. The molecule has 0 saturated carbocycles. The maximum Gasteiger partial charge on any atom is 0.591 e. The summed E-state index contributed by atoms with van der Waals surface area (Å²) in [5.41, 5.74) is 0. The van der Waals surface area contributed by atoms with Crippen molar-refractivity contribution in [3.63, 3.8) is 0 Å². The molecule has 0 aromatic rings. The molecule has 0 radical (unpaired) electrons. The largest absolute Gasteiger partial charge is 0.591 e. The smallest absolute Gasteiger partial charge is 0.526 e. The Hall–Kier alpha value is -1.90. The van der Waals surface area contributed by atoms with E-state index in [0.717, 1.165) is 0 Å². The monoisotopic (exact) mass is 244 g/mol. The molecule has 0 saturated heterocycles. The molecule has 0 N–H and O–H groups in total. The van der Waals surface area contributed by atoms with Gasteiger partial charge in [0.15, 0.2) is 0 Å². The summed E-state index contributed by atoms with van der Waals surface area (Å²) in [4.78, 5) is 0. The van der Waals surface area contributed by atoms with Crippen LogP contribution in [-0.2, 0) is 9.31 Å². The summed E-state index contributed by atoms with van der Waals surface area (Å²) in [6.07, 6.45) is 14.5. The van der Waals surface area contributed by atoms with E-state index in [1.807, 2.05) is 51.1 Å². The van der Waals surface area contributed by atoms with Gasteiger partial charge in [0, 0.05) is 0 Å². The van der Waals surface area contributed by atoms with Crippen molar-refractivity contribution in [1.82, 2.24) is 0 Å². The van der Waals surface area contributed by atoms with Gasteiger partial charge in [-0.05, 0) is 45.0 Å². The zero-order chi connectivity index (χ0) is 13.8. The Morgan fingerprint density at radius 3 is 2.17 bits per heavy atom. The van der Waals surface area contributed by atoms with Crippen LogP contribution < -0.4 is 0 Å². The van der Waals surface area contributed by atoms with Gasteiger partial charge in [-0.3, -0.25) is 0 Å². The van der Waals surface area contributed by atoms with Crippen molar-refractivity contribution < 1.29 is 9.31 Å². The van der Waals surface area contributed by atoms with Gasteiger partial charge in [0.25, 0.3) is 0 Å². The van der Waals surface area contributed by atoms with Crippen LogP contribution in [0.25, 0.3) is 0 Å². The molecule has 0 heterocycles. The van der Waals surface area contributed by atoms with Crippen molar-refractivity contribution in [2.24, 2.45) is 0 Å². The minimum absolute atomic E-state index is 0.401. The van der Waals surface area contributed by atoms with Gasteiger partial charge in [-0.15, -0.1) is 0 Å². The van der Waals surface area contributed by atoms with Crippen molar-refractivity contribution in [1.29, 1.82) is 0 Å². The Kier molecular flexibility index (Phi) is 9.19. The summed E-state index contributed by atoms with van der Waals surface area (Å²) < 4.78 is 11.2. The Labute approximate surface area is 111 Å². The summed E-state index contributed by atoms with van der Waals surface area (Å²) in [7, 11) is -0.401. The lowest BCUT2D eigenvalue weighted by Crippen LogP contribution is -2.17. The molecule has 0 unspecified atom stereocenters. The van der Waals surface area contributed by atoms with Crippen LogP contribution in [0.4, 0.5) is 0 Å². The molecule has 0 atom stereocenters. The summed E-state index contributed by atoms with van der Waals surface area (Å²) in [6.45, 7) is 13.0. The second-order valence-corrected chi connectivity index (χ2v) is 3.41. The molecule has 18 heavy (non-hydrogen) atoms. The SMILES string of the molecule is C=C/C=C(\C=C/C)OB(C)O/C(C=C)=C/C=C\C. The number of hydrogen-bond donors (Lipinski definition) is 0.